The fourth-order valence-electron chi connectivity index (χ4n) is 10.4. The number of rotatable bonds is 15. The van der Waals surface area contributed by atoms with Crippen molar-refractivity contribution < 1.29 is 327 Å². The zero-order valence-corrected chi connectivity index (χ0v) is 120. The van der Waals surface area contributed by atoms with Gasteiger partial charge in [0.15, 0.2) is 0 Å². The molecular weight excluding hydrogens is 2450 g/mol. The minimum absolute atomic E-state index is 0. The molecule has 2 aliphatic carbocycles. The number of hydrogen-bond acceptors (Lipinski definition) is 0. The largest absolute Gasteiger partial charge is 0.518 e. The quantitative estimate of drug-likeness (QED) is 0.0898. The summed E-state index contributed by atoms with van der Waals surface area (Å²) in [7, 11) is 0. The van der Waals surface area contributed by atoms with Gasteiger partial charge in [0.05, 0.1) is 0 Å². The molecule has 0 amide bonds. The molecule has 0 bridgehead atoms. The molecule has 2 unspecified atom stereocenters. The smallest absolute Gasteiger partial charge is 0 e. The van der Waals surface area contributed by atoms with Crippen LogP contribution in [0.15, 0.2) is 328 Å². The minimum atomic E-state index is 0. The molecule has 10 heteroatoms. The number of hydrogen-bond donors (Lipinski definition) is 0. The van der Waals surface area contributed by atoms with Crippen LogP contribution in [0.3, 0.4) is 0 Å². The Kier molecular flexibility index (Phi) is 198. The van der Waals surface area contributed by atoms with Gasteiger partial charge >= 0.3 is 0 Å². The zero-order chi connectivity index (χ0) is 99.5. The fraction of sp³-hybridized carbons (Fsp3) is 0.300. The molecule has 14 rings (SSSR count). The summed E-state index contributed by atoms with van der Waals surface area (Å²) in [6.07, 6.45) is 28.3. The molecule has 0 saturated carbocycles. The monoisotopic (exact) mass is 2630 g/mol. The van der Waals surface area contributed by atoms with Gasteiger partial charge in [-0.25, -0.2) is 13.3 Å². The van der Waals surface area contributed by atoms with Crippen LogP contribution in [0.25, 0.3) is 6.08 Å². The Balaban J connectivity index is -0.0000000714. The Morgan fingerprint density at radius 3 is 0.743 bits per heavy atom. The third-order valence-corrected chi connectivity index (χ3v) is 16.4. The minimum Gasteiger partial charge on any atom is -0.518 e. The zero-order valence-electron chi connectivity index (χ0n) is 91.6. The predicted molar refractivity (Wildman–Crippen MR) is 591 cm³/mol. The van der Waals surface area contributed by atoms with Gasteiger partial charge in [-0.2, -0.15) is 356 Å². The van der Waals surface area contributed by atoms with Crippen molar-refractivity contribution >= 4 is 6.08 Å². The van der Waals surface area contributed by atoms with Crippen LogP contribution in [-0.2, 0) is 398 Å². The average Bonchev–Trinajstić information content (AvgIpc) is 1.70. The van der Waals surface area contributed by atoms with E-state index in [1.54, 1.807) is 12.2 Å². The molecule has 0 N–H and O–H groups in total. The predicted octanol–water partition coefficient (Wildman–Crippen LogP) is 37.4. The molecule has 0 aromatic heterocycles. The van der Waals surface area contributed by atoms with Crippen molar-refractivity contribution in [2.45, 2.75) is 249 Å². The van der Waals surface area contributed by atoms with E-state index in [4.69, 9.17) is 6.58 Å². The Bertz CT molecular complexity index is 3990. The van der Waals surface area contributed by atoms with Crippen molar-refractivity contribution in [3.05, 3.63) is 548 Å². The topological polar surface area (TPSA) is 0 Å². The molecule has 10 radical (unpaired) electrons. The second kappa shape index (κ2) is 152. The number of fused-ring (bicyclic) bond motifs is 2. The molecule has 746 valence electrons. The molecule has 140 heavy (non-hydrogen) atoms. The number of allylic oxidation sites excluding steroid dienone is 6. The van der Waals surface area contributed by atoms with E-state index in [9.17, 15) is 0 Å². The van der Waals surface area contributed by atoms with Crippen LogP contribution in [0, 0.1) is 143 Å². The van der Waals surface area contributed by atoms with Gasteiger partial charge in [-0.1, -0.05) is 264 Å². The van der Waals surface area contributed by atoms with Crippen molar-refractivity contribution in [2.24, 2.45) is 11.8 Å². The number of aryl methyl sites for hydroxylation is 6. The first-order valence-corrected chi connectivity index (χ1v) is 48.3. The van der Waals surface area contributed by atoms with Crippen LogP contribution in [0.5, 0.6) is 0 Å². The summed E-state index contributed by atoms with van der Waals surface area (Å²) in [6, 6.07) is 122. The maximum atomic E-state index is 5.22. The Morgan fingerprint density at radius 1 is 0.279 bits per heavy atom. The van der Waals surface area contributed by atoms with Crippen molar-refractivity contribution in [1.82, 2.24) is 0 Å². The van der Waals surface area contributed by atoms with E-state index in [1.165, 1.54) is 79.6 Å². The van der Waals surface area contributed by atoms with Gasteiger partial charge in [0.25, 0.3) is 0 Å². The Labute approximate surface area is 1120 Å². The normalized spacial score (nSPS) is 9.79. The molecule has 0 nitrogen and oxygen atoms in total. The molecule has 12 aromatic carbocycles. The Hall–Kier alpha value is 0.249. The van der Waals surface area contributed by atoms with E-state index in [2.05, 4.69) is 228 Å². The van der Waals surface area contributed by atoms with E-state index in [-0.39, 0.29) is 327 Å². The van der Waals surface area contributed by atoms with Crippen LogP contribution in [0.1, 0.15) is 267 Å². The summed E-state index contributed by atoms with van der Waals surface area (Å²) < 4.78 is 0. The van der Waals surface area contributed by atoms with Crippen molar-refractivity contribution in [1.29, 1.82) is 0 Å². The molecule has 0 heterocycles. The van der Waals surface area contributed by atoms with Crippen LogP contribution in [0.4, 0.5) is 0 Å². The average molecular weight is 2630 g/mol. The molecule has 0 spiro atoms. The van der Waals surface area contributed by atoms with Gasteiger partial charge in [-0.05, 0) is 41.5 Å². The fourth-order valence-corrected chi connectivity index (χ4v) is 10.4. The third kappa shape index (κ3) is 109. The summed E-state index contributed by atoms with van der Waals surface area (Å²) in [5.41, 5.74) is 20.4. The first-order valence-electron chi connectivity index (χ1n) is 48.3. The van der Waals surface area contributed by atoms with Gasteiger partial charge in [0, 0.05) is 327 Å². The van der Waals surface area contributed by atoms with Gasteiger partial charge in [0.1, 0.15) is 0 Å². The molecule has 0 aliphatic heterocycles. The maximum absolute atomic E-state index is 5.22. The standard InChI is InChI=1S/C15H14.C14H12.5C9H10.2C9H8.C8H10.C8H8.11C2H6.10Y/c1-3-7-14-11-15-8-4-2-6-13(15)10-9-12(14)5-1;1-12-7-5-6-10-14(12)11-13-8-3-2-4-9-13;1-3-9-7-5-4-6-8(9)2;6*1-2-6-9-7-4-3-5-8-9;1-7-5-3-4-6-8(7)2;1-2-8-6-4-3-5-7-8;11*1-2;;;;;;;;;;/h1-8H,9-11H2;2-8,10H,1,11H2;4-7H,1-3H2;4*3-5,7H,1-2,6H2;2-7H,1H2;1-5,7H,6H2;3-8H,1-2H2;3-6H,1-2H2;11*1-2H3;;;;;;;;;;/q;10*-2;;;;;;;;;;;;;;;;;;;;;. The SMILES string of the molecule is CC.CC.CC.CC.CC.CC.CC.CC.CC.CC.CC.[CH-]=CCc1[c-]cccc1.[CH2-]C1C=CC=CC1[CH2-].[CH2-]C=Cc1[c-]cccc1.[CH2-]CCc1[c-]cccc1.[CH2-]CCc1[c-]cccc1.[CH2-]CCc1[c-]cccc1.[CH2-]CCc1[c-]cccc1.[CH2-]Cc1[c-]cccc1.[CH2-]Cc1ccccc1[CH2-].[CH2-]c1ccccc1Cc1[c-]cccc1.[Y].[Y].[Y].[Y].[Y].[Y].[Y].[Y].[Y].[Y].c1ccc2c(c1)CCc1ccccc1C2. The van der Waals surface area contributed by atoms with Crippen LogP contribution in [-0.4, -0.2) is 0 Å². The first-order chi connectivity index (χ1) is 64.0. The summed E-state index contributed by atoms with van der Waals surface area (Å²) >= 11 is 0. The summed E-state index contributed by atoms with van der Waals surface area (Å²) in [5.74, 6) is 0.750. The van der Waals surface area contributed by atoms with E-state index in [1.807, 2.05) is 371 Å². The van der Waals surface area contributed by atoms with E-state index >= 15 is 0 Å². The molecular formula is C130H176Y10-20. The van der Waals surface area contributed by atoms with Crippen molar-refractivity contribution in [3.8, 4) is 0 Å². The second-order valence-electron chi connectivity index (χ2n) is 24.8. The van der Waals surface area contributed by atoms with Crippen molar-refractivity contribution in [2.75, 3.05) is 0 Å². The van der Waals surface area contributed by atoms with Crippen LogP contribution < -0.4 is 0 Å². The maximum Gasteiger partial charge on any atom is 0 e. The van der Waals surface area contributed by atoms with Crippen molar-refractivity contribution in [3.63, 3.8) is 0 Å². The molecule has 0 fully saturated rings. The van der Waals surface area contributed by atoms with E-state index < -0.39 is 0 Å². The molecule has 2 atom stereocenters. The van der Waals surface area contributed by atoms with E-state index in [0.29, 0.717) is 11.8 Å². The first kappa shape index (κ1) is 182. The summed E-state index contributed by atoms with van der Waals surface area (Å²) in [6.45, 7) is 91.0. The third-order valence-electron chi connectivity index (χ3n) is 16.4. The summed E-state index contributed by atoms with van der Waals surface area (Å²) in [5, 5.41) is 0. The molecule has 2 aliphatic rings. The van der Waals surface area contributed by atoms with Gasteiger partial charge in [0.2, 0.25) is 0 Å². The van der Waals surface area contributed by atoms with Gasteiger partial charge in [-0.15, -0.1) is 72.3 Å². The van der Waals surface area contributed by atoms with E-state index in [0.717, 1.165) is 106 Å². The molecule has 12 aromatic rings. The van der Waals surface area contributed by atoms with Gasteiger partial charge in [-0.3, -0.25) is 6.08 Å². The van der Waals surface area contributed by atoms with Crippen LogP contribution >= 0.6 is 0 Å². The summed E-state index contributed by atoms with van der Waals surface area (Å²) in [4.78, 5) is 0. The second-order valence-corrected chi connectivity index (χ2v) is 24.8. The molecule has 0 saturated heterocycles. The Morgan fingerprint density at radius 2 is 0.521 bits per heavy atom. The van der Waals surface area contributed by atoms with Gasteiger partial charge < -0.3 is 62.0 Å². The van der Waals surface area contributed by atoms with Crippen LogP contribution in [0.2, 0.25) is 0 Å². The number of benzene rings is 12.